The molecular weight excluding hydrogens is 342 g/mol. The van der Waals surface area contributed by atoms with Crippen molar-refractivity contribution in [1.29, 1.82) is 0 Å². The normalized spacial score (nSPS) is 14.0. The van der Waals surface area contributed by atoms with Crippen molar-refractivity contribution in [2.24, 2.45) is 0 Å². The van der Waals surface area contributed by atoms with E-state index in [1.54, 1.807) is 0 Å². The van der Waals surface area contributed by atoms with Gasteiger partial charge in [-0.2, -0.15) is 0 Å². The smallest absolute Gasteiger partial charge is 0.370 e. The van der Waals surface area contributed by atoms with Crippen molar-refractivity contribution < 1.29 is 17.8 Å². The summed E-state index contributed by atoms with van der Waals surface area (Å²) >= 11 is 0. The Morgan fingerprint density at radius 3 is 1.46 bits per heavy atom. The summed E-state index contributed by atoms with van der Waals surface area (Å²) in [4.78, 5) is 0. The molecule has 0 amide bonds. The fourth-order valence-corrected chi connectivity index (χ4v) is 7.52. The number of rotatable bonds is 18. The third kappa shape index (κ3) is 9.31. The number of unbranched alkanes of at least 4 members (excludes halogenated alkanes) is 7. The molecule has 4 nitrogen and oxygen atoms in total. The molecule has 0 aliphatic rings. The molecular formula is C21H48NO3Si+. The predicted octanol–water partition coefficient (Wildman–Crippen LogP) is 5.57. The second kappa shape index (κ2) is 15.0. The second-order valence-electron chi connectivity index (χ2n) is 7.80. The van der Waals surface area contributed by atoms with Gasteiger partial charge in [0.1, 0.15) is 0 Å². The summed E-state index contributed by atoms with van der Waals surface area (Å²) in [6.07, 6.45) is 11.9. The van der Waals surface area contributed by atoms with Gasteiger partial charge in [-0.3, -0.25) is 0 Å². The first kappa shape index (κ1) is 26.1. The highest BCUT2D eigenvalue weighted by atomic mass is 28.4. The van der Waals surface area contributed by atoms with Gasteiger partial charge in [0.2, 0.25) is 0 Å². The number of hydrogen-bond acceptors (Lipinski definition) is 3. The summed E-state index contributed by atoms with van der Waals surface area (Å²) in [5.74, 6) is 0. The van der Waals surface area contributed by atoms with Crippen LogP contribution in [0.2, 0.25) is 0 Å². The van der Waals surface area contributed by atoms with Crippen LogP contribution in [0.15, 0.2) is 0 Å². The van der Waals surface area contributed by atoms with Crippen molar-refractivity contribution in [2.45, 2.75) is 98.1 Å². The van der Waals surface area contributed by atoms with Crippen LogP contribution in [0.5, 0.6) is 0 Å². The number of nitrogens with zero attached hydrogens (tertiary/aromatic N) is 1. The molecule has 0 aliphatic heterocycles. The molecule has 0 aromatic carbocycles. The first-order valence-corrected chi connectivity index (χ1v) is 13.0. The second-order valence-corrected chi connectivity index (χ2v) is 10.5. The van der Waals surface area contributed by atoms with Crippen LogP contribution >= 0.6 is 0 Å². The highest BCUT2D eigenvalue weighted by molar-refractivity contribution is 6.62. The molecule has 0 heterocycles. The van der Waals surface area contributed by atoms with Gasteiger partial charge in [0.25, 0.3) is 0 Å². The van der Waals surface area contributed by atoms with Gasteiger partial charge in [-0.15, -0.1) is 0 Å². The summed E-state index contributed by atoms with van der Waals surface area (Å²) < 4.78 is 19.6. The average molecular weight is 391 g/mol. The maximum atomic E-state index is 6.21. The molecule has 0 aliphatic carbocycles. The maximum Gasteiger partial charge on any atom is 0.562 e. The Morgan fingerprint density at radius 1 is 0.654 bits per heavy atom. The van der Waals surface area contributed by atoms with E-state index in [4.69, 9.17) is 13.3 Å². The Morgan fingerprint density at radius 2 is 1.08 bits per heavy atom. The molecule has 0 fully saturated rings. The molecule has 1 unspecified atom stereocenters. The Kier molecular flexibility index (Phi) is 15.1. The predicted molar refractivity (Wildman–Crippen MR) is 114 cm³/mol. The molecule has 0 rings (SSSR count). The summed E-state index contributed by atoms with van der Waals surface area (Å²) in [5.41, 5.74) is 0.298. The molecule has 0 bridgehead atoms. The van der Waals surface area contributed by atoms with Crippen LogP contribution in [0.4, 0.5) is 0 Å². The van der Waals surface area contributed by atoms with E-state index >= 15 is 0 Å². The zero-order chi connectivity index (χ0) is 19.9. The molecule has 0 spiro atoms. The summed E-state index contributed by atoms with van der Waals surface area (Å²) in [6.45, 7) is 13.8. The lowest BCUT2D eigenvalue weighted by atomic mass is 10.1. The van der Waals surface area contributed by atoms with Gasteiger partial charge in [0.15, 0.2) is 5.67 Å². The molecule has 0 aromatic rings. The molecule has 158 valence electrons. The summed E-state index contributed by atoms with van der Waals surface area (Å²) in [5, 5.41) is 0. The highest BCUT2D eigenvalue weighted by Crippen LogP contribution is 2.27. The van der Waals surface area contributed by atoms with E-state index in [-0.39, 0.29) is 0 Å². The minimum absolute atomic E-state index is 0.298. The standard InChI is InChI=1S/C21H48NO3Si/c1-8-13-14-15-16-17-18-19-20-22(6,7)21(9-2)26(23-10-3,24-11-4)25-12-5/h21H,8-20H2,1-7H3/q+1. The van der Waals surface area contributed by atoms with Gasteiger partial charge in [-0.25, -0.2) is 0 Å². The van der Waals surface area contributed by atoms with Gasteiger partial charge in [0, 0.05) is 26.2 Å². The third-order valence-corrected chi connectivity index (χ3v) is 9.26. The maximum absolute atomic E-state index is 6.21. The fraction of sp³-hybridized carbons (Fsp3) is 1.00. The Hall–Kier alpha value is 0.0569. The molecule has 0 saturated heterocycles. The van der Waals surface area contributed by atoms with Crippen molar-refractivity contribution in [3.8, 4) is 0 Å². The van der Waals surface area contributed by atoms with E-state index in [0.29, 0.717) is 25.5 Å². The first-order valence-electron chi connectivity index (χ1n) is 11.2. The zero-order valence-corrected chi connectivity index (χ0v) is 19.9. The van der Waals surface area contributed by atoms with Crippen LogP contribution < -0.4 is 0 Å². The van der Waals surface area contributed by atoms with Crippen molar-refractivity contribution in [1.82, 2.24) is 0 Å². The Bertz CT molecular complexity index is 309. The molecule has 26 heavy (non-hydrogen) atoms. The average Bonchev–Trinajstić information content (AvgIpc) is 2.58. The van der Waals surface area contributed by atoms with Gasteiger partial charge in [-0.1, -0.05) is 52.4 Å². The van der Waals surface area contributed by atoms with E-state index < -0.39 is 8.80 Å². The van der Waals surface area contributed by atoms with Crippen LogP contribution in [0.25, 0.3) is 0 Å². The Labute approximate surface area is 165 Å². The molecule has 0 aromatic heterocycles. The van der Waals surface area contributed by atoms with E-state index in [2.05, 4.69) is 27.9 Å². The Balaban J connectivity index is 4.69. The van der Waals surface area contributed by atoms with E-state index in [0.717, 1.165) is 17.4 Å². The van der Waals surface area contributed by atoms with Crippen LogP contribution in [-0.2, 0) is 13.3 Å². The van der Waals surface area contributed by atoms with Crippen molar-refractivity contribution >= 4 is 8.80 Å². The van der Waals surface area contributed by atoms with Gasteiger partial charge in [0.05, 0.1) is 20.6 Å². The summed E-state index contributed by atoms with van der Waals surface area (Å²) in [7, 11) is 1.98. The fourth-order valence-electron chi connectivity index (χ4n) is 4.00. The summed E-state index contributed by atoms with van der Waals surface area (Å²) in [6, 6.07) is 0. The molecule has 5 heteroatoms. The largest absolute Gasteiger partial charge is 0.562 e. The monoisotopic (exact) mass is 390 g/mol. The van der Waals surface area contributed by atoms with Gasteiger partial charge >= 0.3 is 8.80 Å². The van der Waals surface area contributed by atoms with Gasteiger partial charge < -0.3 is 17.8 Å². The highest BCUT2D eigenvalue weighted by Gasteiger charge is 2.56. The third-order valence-electron chi connectivity index (χ3n) is 5.26. The number of quaternary nitrogens is 1. The minimum Gasteiger partial charge on any atom is -0.370 e. The molecule has 0 saturated carbocycles. The van der Waals surface area contributed by atoms with Crippen LogP contribution in [0.3, 0.4) is 0 Å². The number of hydrogen-bond donors (Lipinski definition) is 0. The molecule has 0 radical (unpaired) electrons. The van der Waals surface area contributed by atoms with Crippen LogP contribution in [0.1, 0.15) is 92.4 Å². The van der Waals surface area contributed by atoms with Crippen molar-refractivity contribution in [2.75, 3.05) is 40.5 Å². The van der Waals surface area contributed by atoms with E-state index in [1.807, 2.05) is 20.8 Å². The van der Waals surface area contributed by atoms with Crippen LogP contribution in [-0.4, -0.2) is 59.4 Å². The topological polar surface area (TPSA) is 27.7 Å². The van der Waals surface area contributed by atoms with Crippen molar-refractivity contribution in [3.05, 3.63) is 0 Å². The minimum atomic E-state index is -2.68. The lowest BCUT2D eigenvalue weighted by Crippen LogP contribution is -2.68. The van der Waals surface area contributed by atoms with E-state index in [9.17, 15) is 0 Å². The quantitative estimate of drug-likeness (QED) is 0.174. The van der Waals surface area contributed by atoms with E-state index in [1.165, 1.54) is 51.4 Å². The zero-order valence-electron chi connectivity index (χ0n) is 18.9. The first-order chi connectivity index (χ1) is 12.4. The van der Waals surface area contributed by atoms with Crippen molar-refractivity contribution in [3.63, 3.8) is 0 Å². The van der Waals surface area contributed by atoms with Crippen LogP contribution in [0, 0.1) is 0 Å². The SMILES string of the molecule is CCCCCCCCCC[N+](C)(C)C(CC)[Si](OCC)(OCC)OCC. The lowest BCUT2D eigenvalue weighted by Gasteiger charge is -2.44. The molecule has 0 N–H and O–H groups in total. The molecule has 1 atom stereocenters. The van der Waals surface area contributed by atoms with Gasteiger partial charge in [-0.05, 0) is 33.6 Å². The lowest BCUT2D eigenvalue weighted by molar-refractivity contribution is -0.906.